The van der Waals surface area contributed by atoms with Gasteiger partial charge in [-0.3, -0.25) is 4.40 Å². The third-order valence-corrected chi connectivity index (χ3v) is 2.71. The quantitative estimate of drug-likeness (QED) is 0.881. The zero-order valence-electron chi connectivity index (χ0n) is 7.99. The molecule has 0 bridgehead atoms. The van der Waals surface area contributed by atoms with Crippen molar-refractivity contribution in [2.75, 3.05) is 0 Å². The second kappa shape index (κ2) is 3.73. The van der Waals surface area contributed by atoms with Crippen LogP contribution in [-0.2, 0) is 6.18 Å². The molecule has 0 spiro atoms. The van der Waals surface area contributed by atoms with Gasteiger partial charge in [0.1, 0.15) is 0 Å². The molecule has 4 nitrogen and oxygen atoms in total. The fraction of sp³-hybridized carbons (Fsp3) is 0.111. The van der Waals surface area contributed by atoms with Crippen LogP contribution >= 0.6 is 15.9 Å². The average Bonchev–Trinajstić information content (AvgIpc) is 2.57. The number of imidazole rings is 1. The van der Waals surface area contributed by atoms with Crippen molar-refractivity contribution in [3.8, 4) is 0 Å². The Labute approximate surface area is 101 Å². The van der Waals surface area contributed by atoms with Gasteiger partial charge in [0, 0.05) is 10.7 Å². The van der Waals surface area contributed by atoms with Gasteiger partial charge in [-0.25, -0.2) is 9.78 Å². The van der Waals surface area contributed by atoms with E-state index >= 15 is 0 Å². The van der Waals surface area contributed by atoms with Crippen molar-refractivity contribution in [1.82, 2.24) is 9.38 Å². The highest BCUT2D eigenvalue weighted by atomic mass is 79.9. The van der Waals surface area contributed by atoms with Crippen LogP contribution < -0.4 is 0 Å². The van der Waals surface area contributed by atoms with Crippen LogP contribution in [-0.4, -0.2) is 20.5 Å². The minimum absolute atomic E-state index is 0.118. The topological polar surface area (TPSA) is 54.6 Å². The second-order valence-corrected chi connectivity index (χ2v) is 4.02. The molecular formula is C9H4BrF3N2O2. The summed E-state index contributed by atoms with van der Waals surface area (Å²) >= 11 is 3.00. The average molecular weight is 309 g/mol. The van der Waals surface area contributed by atoms with Crippen LogP contribution in [0.2, 0.25) is 0 Å². The number of hydrogen-bond donors (Lipinski definition) is 1. The van der Waals surface area contributed by atoms with Crippen molar-refractivity contribution in [3.05, 3.63) is 34.3 Å². The first-order chi connectivity index (χ1) is 7.82. The van der Waals surface area contributed by atoms with E-state index in [1.807, 2.05) is 0 Å². The lowest BCUT2D eigenvalue weighted by molar-refractivity contribution is -0.145. The Morgan fingerprint density at radius 3 is 2.65 bits per heavy atom. The van der Waals surface area contributed by atoms with Crippen molar-refractivity contribution in [3.63, 3.8) is 0 Å². The van der Waals surface area contributed by atoms with Crippen LogP contribution in [0.4, 0.5) is 13.2 Å². The first-order valence-corrected chi connectivity index (χ1v) is 5.08. The van der Waals surface area contributed by atoms with E-state index in [1.165, 1.54) is 12.1 Å². The Balaban J connectivity index is 2.90. The molecule has 0 unspecified atom stereocenters. The van der Waals surface area contributed by atoms with Gasteiger partial charge in [-0.05, 0) is 28.1 Å². The van der Waals surface area contributed by atoms with Gasteiger partial charge < -0.3 is 5.11 Å². The molecule has 1 N–H and O–H groups in total. The first-order valence-electron chi connectivity index (χ1n) is 4.29. The standard InChI is InChI=1S/C9H4BrF3N2O2/c10-4-2-1-3-15-6(4)5(7(16)17)14-8(15)9(11,12)13/h1-3H,(H,16,17). The highest BCUT2D eigenvalue weighted by Gasteiger charge is 2.38. The van der Waals surface area contributed by atoms with Crippen molar-refractivity contribution in [2.24, 2.45) is 0 Å². The number of carboxylic acid groups (broad SMARTS) is 1. The summed E-state index contributed by atoms with van der Waals surface area (Å²) in [5.41, 5.74) is -0.753. The number of nitrogens with zero attached hydrogens (tertiary/aromatic N) is 2. The molecule has 0 aliphatic carbocycles. The predicted octanol–water partition coefficient (Wildman–Crippen LogP) is 2.81. The Bertz CT molecular complexity index is 606. The minimum Gasteiger partial charge on any atom is -0.476 e. The number of fused-ring (bicyclic) bond motifs is 1. The Morgan fingerprint density at radius 1 is 1.47 bits per heavy atom. The van der Waals surface area contributed by atoms with Crippen molar-refractivity contribution < 1.29 is 23.1 Å². The number of halogens is 4. The molecule has 0 aliphatic heterocycles. The highest BCUT2D eigenvalue weighted by Crippen LogP contribution is 2.32. The zero-order valence-corrected chi connectivity index (χ0v) is 9.58. The molecule has 0 fully saturated rings. The molecule has 2 heterocycles. The number of rotatable bonds is 1. The van der Waals surface area contributed by atoms with Crippen molar-refractivity contribution in [1.29, 1.82) is 0 Å². The molecule has 0 amide bonds. The summed E-state index contributed by atoms with van der Waals surface area (Å²) in [5.74, 6) is -2.77. The third kappa shape index (κ3) is 1.88. The maximum absolute atomic E-state index is 12.6. The monoisotopic (exact) mass is 308 g/mol. The van der Waals surface area contributed by atoms with Crippen LogP contribution in [0.3, 0.4) is 0 Å². The van der Waals surface area contributed by atoms with Gasteiger partial charge in [0.05, 0.1) is 5.52 Å². The Morgan fingerprint density at radius 2 is 2.12 bits per heavy atom. The second-order valence-electron chi connectivity index (χ2n) is 3.16. The summed E-state index contributed by atoms with van der Waals surface area (Å²) in [6.07, 6.45) is -3.60. The molecule has 2 aromatic rings. The van der Waals surface area contributed by atoms with E-state index in [1.54, 1.807) is 0 Å². The van der Waals surface area contributed by atoms with E-state index in [-0.39, 0.29) is 9.99 Å². The van der Waals surface area contributed by atoms with Crippen molar-refractivity contribution >= 4 is 27.4 Å². The van der Waals surface area contributed by atoms with Gasteiger partial charge in [-0.15, -0.1) is 0 Å². The van der Waals surface area contributed by atoms with Crippen LogP contribution in [0.15, 0.2) is 22.8 Å². The smallest absolute Gasteiger partial charge is 0.450 e. The Hall–Kier alpha value is -1.57. The van der Waals surface area contributed by atoms with E-state index in [0.717, 1.165) is 6.20 Å². The van der Waals surface area contributed by atoms with E-state index in [2.05, 4.69) is 20.9 Å². The summed E-state index contributed by atoms with van der Waals surface area (Å²) < 4.78 is 38.8. The number of pyridine rings is 1. The van der Waals surface area contributed by atoms with Crippen LogP contribution in [0.1, 0.15) is 16.3 Å². The van der Waals surface area contributed by atoms with E-state index in [4.69, 9.17) is 5.11 Å². The van der Waals surface area contributed by atoms with Crippen LogP contribution in [0.5, 0.6) is 0 Å². The fourth-order valence-corrected chi connectivity index (χ4v) is 1.98. The number of aromatic carboxylic acids is 1. The highest BCUT2D eigenvalue weighted by molar-refractivity contribution is 9.10. The molecule has 8 heteroatoms. The van der Waals surface area contributed by atoms with E-state index in [0.29, 0.717) is 4.40 Å². The molecule has 0 radical (unpaired) electrons. The molecule has 0 atom stereocenters. The summed E-state index contributed by atoms with van der Waals surface area (Å²) in [7, 11) is 0. The number of carbonyl (C=O) groups is 1. The summed E-state index contributed by atoms with van der Waals surface area (Å²) in [4.78, 5) is 14.0. The predicted molar refractivity (Wildman–Crippen MR) is 54.9 cm³/mol. The van der Waals surface area contributed by atoms with Gasteiger partial charge in [0.15, 0.2) is 5.69 Å². The van der Waals surface area contributed by atoms with Gasteiger partial charge in [0.25, 0.3) is 0 Å². The van der Waals surface area contributed by atoms with Crippen LogP contribution in [0.25, 0.3) is 5.52 Å². The van der Waals surface area contributed by atoms with E-state index < -0.39 is 23.7 Å². The first kappa shape index (κ1) is 11.9. The Kier molecular flexibility index (Phi) is 2.61. The van der Waals surface area contributed by atoms with Crippen LogP contribution in [0, 0.1) is 0 Å². The number of carboxylic acids is 1. The fourth-order valence-electron chi connectivity index (χ4n) is 1.45. The number of aromatic nitrogens is 2. The molecular weight excluding hydrogens is 305 g/mol. The van der Waals surface area contributed by atoms with Gasteiger partial charge in [-0.1, -0.05) is 0 Å². The molecule has 0 saturated carbocycles. The van der Waals surface area contributed by atoms with Gasteiger partial charge in [0.2, 0.25) is 5.82 Å². The third-order valence-electron chi connectivity index (χ3n) is 2.07. The maximum atomic E-state index is 12.6. The molecule has 2 aromatic heterocycles. The molecule has 2 rings (SSSR count). The van der Waals surface area contributed by atoms with Gasteiger partial charge >= 0.3 is 12.1 Å². The van der Waals surface area contributed by atoms with E-state index in [9.17, 15) is 18.0 Å². The van der Waals surface area contributed by atoms with Gasteiger partial charge in [-0.2, -0.15) is 13.2 Å². The SMILES string of the molecule is O=C(O)c1nc(C(F)(F)F)n2cccc(Br)c12. The molecule has 0 saturated heterocycles. The van der Waals surface area contributed by atoms with Crippen molar-refractivity contribution in [2.45, 2.75) is 6.18 Å². The molecule has 17 heavy (non-hydrogen) atoms. The summed E-state index contributed by atoms with van der Waals surface area (Å²) in [6.45, 7) is 0. The number of alkyl halides is 3. The number of hydrogen-bond acceptors (Lipinski definition) is 2. The lowest BCUT2D eigenvalue weighted by Gasteiger charge is -2.04. The lowest BCUT2D eigenvalue weighted by atomic mass is 10.3. The molecule has 0 aromatic carbocycles. The largest absolute Gasteiger partial charge is 0.476 e. The minimum atomic E-state index is -4.71. The molecule has 0 aliphatic rings. The maximum Gasteiger partial charge on any atom is 0.450 e. The lowest BCUT2D eigenvalue weighted by Crippen LogP contribution is -2.10. The normalized spacial score (nSPS) is 12.0. The molecule has 90 valence electrons. The summed E-state index contributed by atoms with van der Waals surface area (Å²) in [5, 5.41) is 8.82. The zero-order chi connectivity index (χ0) is 12.8. The summed E-state index contributed by atoms with van der Waals surface area (Å²) in [6, 6.07) is 2.81.